The summed E-state index contributed by atoms with van der Waals surface area (Å²) in [6.07, 6.45) is 2.84. The molecule has 2 amide bonds. The summed E-state index contributed by atoms with van der Waals surface area (Å²) in [6, 6.07) is 11.8. The number of aryl methyl sites for hydroxylation is 2. The molecule has 0 spiro atoms. The second-order valence-electron chi connectivity index (χ2n) is 8.00. The summed E-state index contributed by atoms with van der Waals surface area (Å²) in [6.45, 7) is 9.07. The molecule has 31 heavy (non-hydrogen) atoms. The van der Waals surface area contributed by atoms with Gasteiger partial charge in [0.25, 0.3) is 0 Å². The van der Waals surface area contributed by atoms with Gasteiger partial charge < -0.3 is 15.5 Å². The number of urea groups is 1. The maximum Gasteiger partial charge on any atom is 0.323 e. The second kappa shape index (κ2) is 9.94. The Morgan fingerprint density at radius 1 is 1.03 bits per heavy atom. The van der Waals surface area contributed by atoms with Crippen LogP contribution in [0.25, 0.3) is 0 Å². The number of rotatable bonds is 5. The zero-order valence-corrected chi connectivity index (χ0v) is 18.9. The Balaban J connectivity index is 1.32. The SMILES string of the molecule is Cc1cccc(C)c1NC(=O)Nc1ccc(N2CCCN(Cc3ccsc3)CC2)nc1. The van der Waals surface area contributed by atoms with Crippen LogP contribution < -0.4 is 15.5 Å². The number of carbonyl (C=O) groups is 1. The molecule has 1 aliphatic heterocycles. The zero-order chi connectivity index (χ0) is 21.6. The van der Waals surface area contributed by atoms with Gasteiger partial charge in [0, 0.05) is 38.4 Å². The Morgan fingerprint density at radius 3 is 2.58 bits per heavy atom. The van der Waals surface area contributed by atoms with E-state index in [9.17, 15) is 4.79 Å². The molecule has 0 bridgehead atoms. The van der Waals surface area contributed by atoms with E-state index in [0.29, 0.717) is 5.69 Å². The van der Waals surface area contributed by atoms with Crippen LogP contribution in [0, 0.1) is 13.8 Å². The minimum atomic E-state index is -0.259. The van der Waals surface area contributed by atoms with Crippen LogP contribution >= 0.6 is 11.3 Å². The Labute approximate surface area is 187 Å². The molecule has 0 radical (unpaired) electrons. The van der Waals surface area contributed by atoms with E-state index in [4.69, 9.17) is 0 Å². The van der Waals surface area contributed by atoms with Crippen LogP contribution in [-0.4, -0.2) is 42.1 Å². The van der Waals surface area contributed by atoms with Crippen LogP contribution in [0.5, 0.6) is 0 Å². The molecule has 1 aliphatic rings. The number of nitrogens with one attached hydrogen (secondary N) is 2. The van der Waals surface area contributed by atoms with E-state index in [1.165, 1.54) is 5.56 Å². The van der Waals surface area contributed by atoms with Gasteiger partial charge in [0.15, 0.2) is 0 Å². The number of hydrogen-bond donors (Lipinski definition) is 2. The number of nitrogens with zero attached hydrogens (tertiary/aromatic N) is 3. The molecule has 0 aliphatic carbocycles. The van der Waals surface area contributed by atoms with Crippen molar-refractivity contribution in [2.24, 2.45) is 0 Å². The Morgan fingerprint density at radius 2 is 1.87 bits per heavy atom. The average Bonchev–Trinajstić information content (AvgIpc) is 3.16. The lowest BCUT2D eigenvalue weighted by atomic mass is 10.1. The number of amides is 2. The number of aromatic nitrogens is 1. The maximum absolute atomic E-state index is 12.4. The smallest absolute Gasteiger partial charge is 0.323 e. The normalized spacial score (nSPS) is 14.8. The molecule has 0 unspecified atom stereocenters. The van der Waals surface area contributed by atoms with Crippen molar-refractivity contribution in [3.8, 4) is 0 Å². The molecule has 0 atom stereocenters. The lowest BCUT2D eigenvalue weighted by Gasteiger charge is -2.22. The molecule has 4 rings (SSSR count). The quantitative estimate of drug-likeness (QED) is 0.584. The van der Waals surface area contributed by atoms with E-state index in [-0.39, 0.29) is 6.03 Å². The van der Waals surface area contributed by atoms with Crippen molar-refractivity contribution in [1.29, 1.82) is 0 Å². The summed E-state index contributed by atoms with van der Waals surface area (Å²) < 4.78 is 0. The van der Waals surface area contributed by atoms with Crippen LogP contribution in [0.1, 0.15) is 23.1 Å². The molecule has 2 N–H and O–H groups in total. The Bertz CT molecular complexity index is 983. The largest absolute Gasteiger partial charge is 0.355 e. The van der Waals surface area contributed by atoms with Crippen LogP contribution in [0.2, 0.25) is 0 Å². The molecule has 1 fully saturated rings. The molecule has 7 heteroatoms. The van der Waals surface area contributed by atoms with Crippen molar-refractivity contribution in [2.75, 3.05) is 41.7 Å². The number of pyridine rings is 1. The third-order valence-electron chi connectivity index (χ3n) is 5.62. The number of para-hydroxylation sites is 1. The topological polar surface area (TPSA) is 60.5 Å². The summed E-state index contributed by atoms with van der Waals surface area (Å²) in [4.78, 5) is 21.9. The van der Waals surface area contributed by atoms with E-state index in [1.807, 2.05) is 44.2 Å². The number of hydrogen-bond acceptors (Lipinski definition) is 5. The van der Waals surface area contributed by atoms with Gasteiger partial charge >= 0.3 is 6.03 Å². The first-order valence-corrected chi connectivity index (χ1v) is 11.6. The summed E-state index contributed by atoms with van der Waals surface area (Å²) >= 11 is 1.76. The van der Waals surface area contributed by atoms with Gasteiger partial charge in [-0.2, -0.15) is 11.3 Å². The van der Waals surface area contributed by atoms with E-state index in [1.54, 1.807) is 17.5 Å². The zero-order valence-electron chi connectivity index (χ0n) is 18.1. The number of anilines is 3. The van der Waals surface area contributed by atoms with Crippen LogP contribution in [0.3, 0.4) is 0 Å². The van der Waals surface area contributed by atoms with Crippen molar-refractivity contribution in [1.82, 2.24) is 9.88 Å². The highest BCUT2D eigenvalue weighted by Gasteiger charge is 2.16. The van der Waals surface area contributed by atoms with Crippen molar-refractivity contribution >= 4 is 34.6 Å². The first kappa shape index (κ1) is 21.3. The van der Waals surface area contributed by atoms with Crippen LogP contribution in [-0.2, 0) is 6.54 Å². The van der Waals surface area contributed by atoms with E-state index in [2.05, 4.69) is 42.2 Å². The Kier molecular flexibility index (Phi) is 6.84. The van der Waals surface area contributed by atoms with Gasteiger partial charge in [0.1, 0.15) is 5.82 Å². The minimum absolute atomic E-state index is 0.259. The van der Waals surface area contributed by atoms with Crippen molar-refractivity contribution in [3.05, 3.63) is 70.0 Å². The van der Waals surface area contributed by atoms with Gasteiger partial charge in [-0.15, -0.1) is 0 Å². The van der Waals surface area contributed by atoms with Gasteiger partial charge in [-0.1, -0.05) is 18.2 Å². The van der Waals surface area contributed by atoms with E-state index < -0.39 is 0 Å². The second-order valence-corrected chi connectivity index (χ2v) is 8.78. The lowest BCUT2D eigenvalue weighted by Crippen LogP contribution is -2.30. The summed E-state index contributed by atoms with van der Waals surface area (Å²) in [5.74, 6) is 0.957. The van der Waals surface area contributed by atoms with Gasteiger partial charge in [-0.3, -0.25) is 4.90 Å². The summed E-state index contributed by atoms with van der Waals surface area (Å²) in [5.41, 5.74) is 5.00. The van der Waals surface area contributed by atoms with Crippen molar-refractivity contribution in [2.45, 2.75) is 26.8 Å². The molecular weight excluding hydrogens is 406 g/mol. The van der Waals surface area contributed by atoms with Crippen LogP contribution in [0.15, 0.2) is 53.4 Å². The number of carbonyl (C=O) groups excluding carboxylic acids is 1. The van der Waals surface area contributed by atoms with E-state index in [0.717, 1.165) is 61.8 Å². The third-order valence-corrected chi connectivity index (χ3v) is 6.36. The van der Waals surface area contributed by atoms with Crippen molar-refractivity contribution in [3.63, 3.8) is 0 Å². The third kappa shape index (κ3) is 5.62. The summed E-state index contributed by atoms with van der Waals surface area (Å²) in [5, 5.41) is 10.2. The molecule has 0 saturated carbocycles. The number of benzene rings is 1. The molecule has 1 aromatic carbocycles. The highest BCUT2D eigenvalue weighted by Crippen LogP contribution is 2.21. The summed E-state index contributed by atoms with van der Waals surface area (Å²) in [7, 11) is 0. The molecule has 6 nitrogen and oxygen atoms in total. The first-order valence-electron chi connectivity index (χ1n) is 10.7. The lowest BCUT2D eigenvalue weighted by molar-refractivity contribution is 0.262. The number of thiophene rings is 1. The molecule has 162 valence electrons. The fraction of sp³-hybridized carbons (Fsp3) is 0.333. The van der Waals surface area contributed by atoms with Gasteiger partial charge in [0.2, 0.25) is 0 Å². The predicted octanol–water partition coefficient (Wildman–Crippen LogP) is 5.12. The Hall–Kier alpha value is -2.90. The average molecular weight is 436 g/mol. The highest BCUT2D eigenvalue weighted by atomic mass is 32.1. The first-order chi connectivity index (χ1) is 15.1. The fourth-order valence-electron chi connectivity index (χ4n) is 3.93. The molecule has 3 heterocycles. The fourth-order valence-corrected chi connectivity index (χ4v) is 4.59. The van der Waals surface area contributed by atoms with Crippen LogP contribution in [0.4, 0.5) is 22.0 Å². The molecule has 2 aromatic heterocycles. The standard InChI is InChI=1S/C24H29N5OS/c1-18-5-3-6-19(2)23(18)27-24(30)26-21-7-8-22(25-15-21)29-11-4-10-28(12-13-29)16-20-9-14-31-17-20/h3,5-9,14-15,17H,4,10-13,16H2,1-2H3,(H2,26,27,30). The van der Waals surface area contributed by atoms with E-state index >= 15 is 0 Å². The monoisotopic (exact) mass is 435 g/mol. The predicted molar refractivity (Wildman–Crippen MR) is 129 cm³/mol. The highest BCUT2D eigenvalue weighted by molar-refractivity contribution is 7.07. The van der Waals surface area contributed by atoms with Gasteiger partial charge in [-0.05, 0) is 65.9 Å². The maximum atomic E-state index is 12.4. The van der Waals surface area contributed by atoms with Gasteiger partial charge in [0.05, 0.1) is 11.9 Å². The molecule has 1 saturated heterocycles. The molecule has 3 aromatic rings. The van der Waals surface area contributed by atoms with Crippen molar-refractivity contribution < 1.29 is 4.79 Å². The molecular formula is C24H29N5OS. The van der Waals surface area contributed by atoms with Gasteiger partial charge in [-0.25, -0.2) is 9.78 Å². The minimum Gasteiger partial charge on any atom is -0.355 e.